The van der Waals surface area contributed by atoms with Crippen molar-refractivity contribution in [1.82, 2.24) is 10.3 Å². The quantitative estimate of drug-likeness (QED) is 0.604. The van der Waals surface area contributed by atoms with E-state index in [0.29, 0.717) is 5.69 Å². The Morgan fingerprint density at radius 3 is 2.79 bits per heavy atom. The summed E-state index contributed by atoms with van der Waals surface area (Å²) in [4.78, 5) is 39.0. The predicted octanol–water partition coefficient (Wildman–Crippen LogP) is 1.63. The number of nitrogens with one attached hydrogen (secondary N) is 2. The van der Waals surface area contributed by atoms with Crippen LogP contribution in [0.5, 0.6) is 0 Å². The van der Waals surface area contributed by atoms with Crippen LogP contribution in [-0.2, 0) is 14.3 Å². The predicted molar refractivity (Wildman–Crippen MR) is 84.5 cm³/mol. The van der Waals surface area contributed by atoms with Gasteiger partial charge < -0.3 is 19.8 Å². The van der Waals surface area contributed by atoms with Gasteiger partial charge in [-0.1, -0.05) is 11.6 Å². The summed E-state index contributed by atoms with van der Waals surface area (Å²) in [5.41, 5.74) is 0.305. The fraction of sp³-hybridized carbons (Fsp3) is 0.200. The fourth-order valence-electron chi connectivity index (χ4n) is 1.66. The van der Waals surface area contributed by atoms with Crippen molar-refractivity contribution in [3.63, 3.8) is 0 Å². The molecule has 2 heterocycles. The third-order valence-corrected chi connectivity index (χ3v) is 3.13. The Morgan fingerprint density at radius 1 is 1.33 bits per heavy atom. The van der Waals surface area contributed by atoms with Crippen LogP contribution in [0.4, 0.5) is 5.69 Å². The van der Waals surface area contributed by atoms with Crippen LogP contribution >= 0.6 is 11.6 Å². The number of hydrogen-bond donors (Lipinski definition) is 2. The van der Waals surface area contributed by atoms with Crippen LogP contribution in [0, 0.1) is 0 Å². The number of furan rings is 1. The van der Waals surface area contributed by atoms with E-state index in [1.165, 1.54) is 25.5 Å². The second-order valence-corrected chi connectivity index (χ2v) is 5.03. The van der Waals surface area contributed by atoms with Crippen molar-refractivity contribution in [2.45, 2.75) is 13.0 Å². The van der Waals surface area contributed by atoms with Gasteiger partial charge in [-0.15, -0.1) is 0 Å². The molecular weight excluding hydrogens is 338 g/mol. The lowest BCUT2D eigenvalue weighted by molar-refractivity contribution is -0.148. The Bertz CT molecular complexity index is 732. The molecule has 9 heteroatoms. The first-order chi connectivity index (χ1) is 11.5. The van der Waals surface area contributed by atoms with Crippen molar-refractivity contribution >= 4 is 35.1 Å². The summed E-state index contributed by atoms with van der Waals surface area (Å²) in [7, 11) is 0. The zero-order valence-corrected chi connectivity index (χ0v) is 13.4. The molecule has 0 unspecified atom stereocenters. The molecule has 2 rings (SSSR count). The Labute approximate surface area is 142 Å². The van der Waals surface area contributed by atoms with E-state index in [0.717, 1.165) is 0 Å². The topological polar surface area (TPSA) is 111 Å². The smallest absolute Gasteiger partial charge is 0.328 e. The minimum atomic E-state index is -0.947. The van der Waals surface area contributed by atoms with E-state index in [-0.39, 0.29) is 10.9 Å². The van der Waals surface area contributed by atoms with Crippen LogP contribution in [-0.4, -0.2) is 35.4 Å². The van der Waals surface area contributed by atoms with Crippen molar-refractivity contribution in [2.24, 2.45) is 0 Å². The zero-order valence-electron chi connectivity index (χ0n) is 12.6. The number of pyridine rings is 1. The third kappa shape index (κ3) is 4.82. The van der Waals surface area contributed by atoms with Gasteiger partial charge in [-0.25, -0.2) is 9.78 Å². The zero-order chi connectivity index (χ0) is 17.5. The molecule has 0 fully saturated rings. The standard InChI is InChI=1S/C15H14ClN3O5/c1-9(18-14(21)11-5-3-7-23-11)15(22)24-8-12(20)19-10-4-2-6-17-13(10)16/h2-7,9H,8H2,1H3,(H,18,21)(H,19,20)/t9-/m0/s1. The van der Waals surface area contributed by atoms with Gasteiger partial charge in [0.05, 0.1) is 12.0 Å². The van der Waals surface area contributed by atoms with E-state index in [1.807, 2.05) is 0 Å². The molecule has 0 aliphatic heterocycles. The summed E-state index contributed by atoms with van der Waals surface area (Å²) in [6.45, 7) is 0.907. The van der Waals surface area contributed by atoms with E-state index in [4.69, 9.17) is 20.8 Å². The molecular formula is C15H14ClN3O5. The van der Waals surface area contributed by atoms with Crippen LogP contribution in [0.1, 0.15) is 17.5 Å². The number of carbonyl (C=O) groups is 3. The van der Waals surface area contributed by atoms with Crippen molar-refractivity contribution in [1.29, 1.82) is 0 Å². The Balaban J connectivity index is 1.78. The van der Waals surface area contributed by atoms with Gasteiger partial charge in [0.1, 0.15) is 6.04 Å². The highest BCUT2D eigenvalue weighted by Crippen LogP contribution is 2.17. The minimum absolute atomic E-state index is 0.0682. The highest BCUT2D eigenvalue weighted by molar-refractivity contribution is 6.32. The number of rotatable bonds is 6. The average molecular weight is 352 g/mol. The minimum Gasteiger partial charge on any atom is -0.459 e. The highest BCUT2D eigenvalue weighted by Gasteiger charge is 2.20. The maximum atomic E-state index is 11.8. The number of esters is 1. The molecule has 1 atom stereocenters. The SMILES string of the molecule is C[C@H](NC(=O)c1ccco1)C(=O)OCC(=O)Nc1cccnc1Cl. The van der Waals surface area contributed by atoms with E-state index in [2.05, 4.69) is 15.6 Å². The summed E-state index contributed by atoms with van der Waals surface area (Å²) in [6.07, 6.45) is 2.81. The van der Waals surface area contributed by atoms with Gasteiger partial charge in [0.2, 0.25) is 0 Å². The first-order valence-corrected chi connectivity index (χ1v) is 7.26. The van der Waals surface area contributed by atoms with Gasteiger partial charge >= 0.3 is 5.97 Å². The molecule has 0 aliphatic rings. The normalized spacial score (nSPS) is 11.4. The Morgan fingerprint density at radius 2 is 2.12 bits per heavy atom. The second kappa shape index (κ2) is 8.11. The van der Waals surface area contributed by atoms with E-state index < -0.39 is 30.4 Å². The van der Waals surface area contributed by atoms with Crippen LogP contribution in [0.3, 0.4) is 0 Å². The highest BCUT2D eigenvalue weighted by atomic mass is 35.5. The van der Waals surface area contributed by atoms with Crippen molar-refractivity contribution in [3.05, 3.63) is 47.6 Å². The third-order valence-electron chi connectivity index (χ3n) is 2.82. The van der Waals surface area contributed by atoms with E-state index in [9.17, 15) is 14.4 Å². The number of hydrogen-bond acceptors (Lipinski definition) is 6. The Kier molecular flexibility index (Phi) is 5.91. The summed E-state index contributed by atoms with van der Waals surface area (Å²) < 4.78 is 9.74. The van der Waals surface area contributed by atoms with Crippen LogP contribution in [0.25, 0.3) is 0 Å². The number of aromatic nitrogens is 1. The lowest BCUT2D eigenvalue weighted by Crippen LogP contribution is -2.40. The molecule has 2 amide bonds. The van der Waals surface area contributed by atoms with Crippen LogP contribution < -0.4 is 10.6 Å². The molecule has 24 heavy (non-hydrogen) atoms. The lowest BCUT2D eigenvalue weighted by atomic mass is 10.3. The number of nitrogens with zero attached hydrogens (tertiary/aromatic N) is 1. The molecule has 126 valence electrons. The van der Waals surface area contributed by atoms with Crippen molar-refractivity contribution in [2.75, 3.05) is 11.9 Å². The first kappa shape index (κ1) is 17.5. The largest absolute Gasteiger partial charge is 0.459 e. The maximum absolute atomic E-state index is 11.8. The number of amides is 2. The van der Waals surface area contributed by atoms with Gasteiger partial charge in [-0.05, 0) is 31.2 Å². The molecule has 0 aromatic carbocycles. The molecule has 0 saturated heterocycles. The molecule has 0 radical (unpaired) electrons. The van der Waals surface area contributed by atoms with Crippen molar-refractivity contribution < 1.29 is 23.5 Å². The molecule has 8 nitrogen and oxygen atoms in total. The number of ether oxygens (including phenoxy) is 1. The summed E-state index contributed by atoms with van der Waals surface area (Å²) >= 11 is 5.80. The van der Waals surface area contributed by atoms with Crippen LogP contribution in [0.2, 0.25) is 5.15 Å². The molecule has 0 spiro atoms. The van der Waals surface area contributed by atoms with Gasteiger partial charge in [-0.3, -0.25) is 9.59 Å². The molecule has 2 aromatic rings. The maximum Gasteiger partial charge on any atom is 0.328 e. The second-order valence-electron chi connectivity index (χ2n) is 4.67. The monoisotopic (exact) mass is 351 g/mol. The number of anilines is 1. The van der Waals surface area contributed by atoms with E-state index in [1.54, 1.807) is 18.2 Å². The fourth-order valence-corrected chi connectivity index (χ4v) is 1.83. The summed E-state index contributed by atoms with van der Waals surface area (Å²) in [6, 6.07) is 5.21. The number of halogens is 1. The summed E-state index contributed by atoms with van der Waals surface area (Å²) in [5, 5.41) is 4.97. The average Bonchev–Trinajstić information content (AvgIpc) is 3.09. The molecule has 0 aliphatic carbocycles. The van der Waals surface area contributed by atoms with Gasteiger partial charge in [0.25, 0.3) is 11.8 Å². The number of carbonyl (C=O) groups excluding carboxylic acids is 3. The van der Waals surface area contributed by atoms with E-state index >= 15 is 0 Å². The first-order valence-electron chi connectivity index (χ1n) is 6.88. The summed E-state index contributed by atoms with van der Waals surface area (Å²) in [5.74, 6) is -1.83. The van der Waals surface area contributed by atoms with Crippen LogP contribution in [0.15, 0.2) is 41.1 Å². The molecule has 0 bridgehead atoms. The van der Waals surface area contributed by atoms with Gasteiger partial charge in [-0.2, -0.15) is 0 Å². The van der Waals surface area contributed by atoms with Crippen molar-refractivity contribution in [3.8, 4) is 0 Å². The van der Waals surface area contributed by atoms with Gasteiger partial charge in [0.15, 0.2) is 17.5 Å². The molecule has 2 aromatic heterocycles. The molecule has 0 saturated carbocycles. The van der Waals surface area contributed by atoms with Gasteiger partial charge in [0, 0.05) is 6.20 Å². The molecule has 2 N–H and O–H groups in total. The Hall–Kier alpha value is -2.87. The lowest BCUT2D eigenvalue weighted by Gasteiger charge is -2.12.